The molecule has 0 aromatic heterocycles. The van der Waals surface area contributed by atoms with Crippen LogP contribution in [0.3, 0.4) is 0 Å². The lowest BCUT2D eigenvalue weighted by molar-refractivity contribution is -0.118. The molecule has 18 heteroatoms. The second-order valence-electron chi connectivity index (χ2n) is 17.9. The van der Waals surface area contributed by atoms with Crippen LogP contribution >= 0.6 is 10.7 Å². The molecule has 0 heterocycles. The molecule has 6 rings (SSSR count). The zero-order valence-corrected chi connectivity index (χ0v) is 41.9. The number of amides is 4. The fraction of sp³-hybridized carbons (Fsp3) is 0.231. The van der Waals surface area contributed by atoms with Gasteiger partial charge >= 0.3 is 0 Å². The third-order valence-electron chi connectivity index (χ3n) is 9.16. The average molecular weight is 1020 g/mol. The van der Waals surface area contributed by atoms with Crippen LogP contribution in [0.5, 0.6) is 0 Å². The Morgan fingerprint density at radius 2 is 0.914 bits per heavy atom. The molecular formula is C52H57ClF2N6O7S2. The minimum absolute atomic E-state index is 0. The molecular weight excluding hydrogens is 958 g/mol. The normalized spacial score (nSPS) is 12.5. The molecule has 3 atom stereocenters. The first kappa shape index (κ1) is 56.0. The zero-order valence-electron chi connectivity index (χ0n) is 39.5. The van der Waals surface area contributed by atoms with Crippen LogP contribution in [0.2, 0.25) is 0 Å². The van der Waals surface area contributed by atoms with Crippen LogP contribution in [0.4, 0.5) is 20.2 Å². The molecule has 0 aliphatic carbocycles. The lowest BCUT2D eigenvalue weighted by Gasteiger charge is -2.20. The van der Waals surface area contributed by atoms with E-state index < -0.39 is 67.4 Å². The molecule has 1 unspecified atom stereocenters. The average Bonchev–Trinajstić information content (AvgIpc) is 3.29. The Kier molecular flexibility index (Phi) is 20.6. The summed E-state index contributed by atoms with van der Waals surface area (Å²) >= 11 is 0. The molecule has 0 aliphatic heterocycles. The highest BCUT2D eigenvalue weighted by atomic mass is 35.7. The molecule has 0 spiro atoms. The van der Waals surface area contributed by atoms with Crippen LogP contribution in [-0.4, -0.2) is 59.4 Å². The van der Waals surface area contributed by atoms with E-state index in [4.69, 9.17) is 16.4 Å². The summed E-state index contributed by atoms with van der Waals surface area (Å²) in [6.45, 7) is 11.7. The van der Waals surface area contributed by atoms with Gasteiger partial charge in [-0.2, -0.15) is 0 Å². The smallest absolute Gasteiger partial charge is 0.261 e. The van der Waals surface area contributed by atoms with Crippen molar-refractivity contribution in [1.29, 1.82) is 0 Å². The molecule has 6 aromatic rings. The molecule has 6 aromatic carbocycles. The fourth-order valence-electron chi connectivity index (χ4n) is 5.96. The van der Waals surface area contributed by atoms with Gasteiger partial charge in [0.2, 0.25) is 11.8 Å². The summed E-state index contributed by atoms with van der Waals surface area (Å²) in [4.78, 5) is 51.7. The van der Waals surface area contributed by atoms with Gasteiger partial charge in [-0.15, -0.1) is 0 Å². The summed E-state index contributed by atoms with van der Waals surface area (Å²) < 4.78 is 64.5. The second kappa shape index (κ2) is 25.8. The number of halogens is 3. The molecule has 7 N–H and O–H groups in total. The molecule has 0 saturated carbocycles. The highest BCUT2D eigenvalue weighted by Gasteiger charge is 2.24. The maximum absolute atomic E-state index is 13.2. The number of carbonyl (C=O) groups is 4. The number of hydrogen-bond donors (Lipinski definition) is 6. The molecule has 70 heavy (non-hydrogen) atoms. The molecule has 13 nitrogen and oxygen atoms in total. The van der Waals surface area contributed by atoms with Crippen LogP contribution in [0.1, 0.15) is 73.4 Å². The van der Waals surface area contributed by atoms with Crippen molar-refractivity contribution in [3.8, 4) is 0 Å². The lowest BCUT2D eigenvalue weighted by atomic mass is 10.0. The van der Waals surface area contributed by atoms with Gasteiger partial charge in [-0.3, -0.25) is 19.2 Å². The zero-order chi connectivity index (χ0) is 51.6. The Morgan fingerprint density at radius 3 is 1.24 bits per heavy atom. The number of rotatable bonds is 15. The molecule has 370 valence electrons. The number of hydrogen-bond acceptors (Lipinski definition) is 8. The molecule has 0 saturated heterocycles. The Hall–Kier alpha value is -6.63. The Morgan fingerprint density at radius 1 is 0.571 bits per heavy atom. The largest absolute Gasteiger partial charge is 0.340 e. The summed E-state index contributed by atoms with van der Waals surface area (Å²) in [5.74, 6) is -2.83. The van der Waals surface area contributed by atoms with E-state index in [0.717, 1.165) is 23.3 Å². The summed E-state index contributed by atoms with van der Waals surface area (Å²) in [5.41, 5.74) is 8.05. The number of anilines is 2. The Balaban J connectivity index is 0.000000279. The van der Waals surface area contributed by atoms with E-state index in [-0.39, 0.29) is 39.9 Å². The monoisotopic (exact) mass is 1010 g/mol. The first-order chi connectivity index (χ1) is 32.8. The maximum atomic E-state index is 13.2. The minimum atomic E-state index is -3.88. The quantitative estimate of drug-likeness (QED) is 0.0548. The highest BCUT2D eigenvalue weighted by Crippen LogP contribution is 2.19. The number of nitrogens with two attached hydrogens (primary N) is 1. The van der Waals surface area contributed by atoms with Crippen molar-refractivity contribution in [2.24, 2.45) is 5.73 Å². The van der Waals surface area contributed by atoms with Gasteiger partial charge in [0.05, 0.1) is 9.79 Å². The third-order valence-corrected chi connectivity index (χ3v) is 12.0. The van der Waals surface area contributed by atoms with E-state index in [1.165, 1.54) is 60.7 Å². The van der Waals surface area contributed by atoms with E-state index in [2.05, 4.69) is 26.0 Å². The van der Waals surface area contributed by atoms with Crippen LogP contribution in [0.15, 0.2) is 168 Å². The van der Waals surface area contributed by atoms with Crippen molar-refractivity contribution in [2.45, 2.75) is 87.3 Å². The summed E-state index contributed by atoms with van der Waals surface area (Å²) in [5, 5.41) is 10.9. The molecule has 0 bridgehead atoms. The topological polar surface area (TPSA) is 206 Å². The van der Waals surface area contributed by atoms with Crippen molar-refractivity contribution >= 4 is 65.7 Å². The number of carbonyl (C=O) groups excluding carboxylic acids is 4. The SMILES string of the molecule is CC(C)(C)N.CC(C)(C)NS(=O)c1ccc(NC(=O)[C@H](Cc2ccccc2)NC(=O)c2ccc(F)cc2)cc1.O=C(N[C@@H](Cc1ccccc1)C(=O)Nc1ccc(S(=O)(=O)Cl)cc1)c1ccc(F)cc1. The van der Waals surface area contributed by atoms with Crippen molar-refractivity contribution in [2.75, 3.05) is 10.6 Å². The first-order valence-electron chi connectivity index (χ1n) is 21.8. The van der Waals surface area contributed by atoms with Gasteiger partial charge in [-0.1, -0.05) is 60.7 Å². The number of nitrogens with one attached hydrogen (secondary N) is 5. The summed E-state index contributed by atoms with van der Waals surface area (Å²) in [7, 11) is 0.0314. The van der Waals surface area contributed by atoms with Crippen LogP contribution in [0.25, 0.3) is 0 Å². The molecule has 0 aliphatic rings. The maximum Gasteiger partial charge on any atom is 0.261 e. The fourth-order valence-corrected chi connectivity index (χ4v) is 7.79. The predicted octanol–water partition coefficient (Wildman–Crippen LogP) is 8.69. The lowest BCUT2D eigenvalue weighted by Crippen LogP contribution is -2.45. The Bertz CT molecular complexity index is 2790. The van der Waals surface area contributed by atoms with E-state index >= 15 is 0 Å². The van der Waals surface area contributed by atoms with Gasteiger partial charge in [0, 0.05) is 57.1 Å². The summed E-state index contributed by atoms with van der Waals surface area (Å²) in [6.07, 6.45) is 0.491. The predicted molar refractivity (Wildman–Crippen MR) is 272 cm³/mol. The van der Waals surface area contributed by atoms with Crippen LogP contribution in [-0.2, 0) is 42.5 Å². The van der Waals surface area contributed by atoms with Crippen LogP contribution in [0, 0.1) is 11.6 Å². The van der Waals surface area contributed by atoms with Gasteiger partial charge < -0.3 is 27.0 Å². The highest BCUT2D eigenvalue weighted by molar-refractivity contribution is 8.13. The van der Waals surface area contributed by atoms with Crippen molar-refractivity contribution < 1.29 is 40.6 Å². The standard InChI is InChI=1S/C26H28FN3O3S.C22H18ClFN2O4S.C4H11N/c1-26(2,3)30-34(33)22-15-13-21(14-16-22)28-25(32)23(17-18-7-5-4-6-8-18)29-24(31)19-9-11-20(27)12-10-19;23-31(29,30)19-12-10-18(11-13-19)25-22(28)20(14-15-4-2-1-3-5-15)26-21(27)16-6-8-17(24)9-7-16;1-4(2,3)5/h4-16,23,30H,17H2,1-3H3,(H,28,32)(H,29,31);1-13,20H,14H2,(H,25,28)(H,26,27);5H2,1-3H3/t23-,34?;20-;/m00./s1. The Labute approximate surface area is 415 Å². The van der Waals surface area contributed by atoms with Gasteiger partial charge in [-0.25, -0.2) is 26.1 Å². The van der Waals surface area contributed by atoms with E-state index in [1.807, 2.05) is 102 Å². The van der Waals surface area contributed by atoms with Gasteiger partial charge in [0.25, 0.3) is 20.9 Å². The van der Waals surface area contributed by atoms with Crippen molar-refractivity contribution in [1.82, 2.24) is 15.4 Å². The second-order valence-corrected chi connectivity index (χ2v) is 21.7. The van der Waals surface area contributed by atoms with Gasteiger partial charge in [-0.05, 0) is 150 Å². The van der Waals surface area contributed by atoms with Crippen molar-refractivity contribution in [3.63, 3.8) is 0 Å². The van der Waals surface area contributed by atoms with E-state index in [9.17, 15) is 40.6 Å². The molecule has 4 amide bonds. The van der Waals surface area contributed by atoms with Gasteiger partial charge in [0.1, 0.15) is 34.7 Å². The van der Waals surface area contributed by atoms with Crippen molar-refractivity contribution in [3.05, 3.63) is 192 Å². The van der Waals surface area contributed by atoms with Crippen LogP contribution < -0.4 is 31.7 Å². The van der Waals surface area contributed by atoms with E-state index in [1.54, 1.807) is 24.3 Å². The van der Waals surface area contributed by atoms with Gasteiger partial charge in [0.15, 0.2) is 0 Å². The minimum Gasteiger partial charge on any atom is -0.340 e. The third kappa shape index (κ3) is 20.5. The summed E-state index contributed by atoms with van der Waals surface area (Å²) in [6, 6.07) is 38.7. The first-order valence-corrected chi connectivity index (χ1v) is 25.2. The molecule has 0 radical (unpaired) electrons. The number of benzene rings is 6. The van der Waals surface area contributed by atoms with E-state index in [0.29, 0.717) is 16.3 Å². The molecule has 0 fully saturated rings.